The van der Waals surface area contributed by atoms with Gasteiger partial charge in [-0.15, -0.1) is 0 Å². The number of quaternary nitrogens is 1. The number of carbonyl (C=O) groups excluding carboxylic acids is 1. The van der Waals surface area contributed by atoms with E-state index in [1.165, 1.54) is 24.4 Å². The minimum absolute atomic E-state index is 0.0783. The summed E-state index contributed by atoms with van der Waals surface area (Å²) in [7, 11) is -2.15. The van der Waals surface area contributed by atoms with E-state index >= 15 is 0 Å². The summed E-state index contributed by atoms with van der Waals surface area (Å²) < 4.78 is 26.3. The van der Waals surface area contributed by atoms with Gasteiger partial charge in [-0.2, -0.15) is 0 Å². The Balaban J connectivity index is 2.08. The molecular formula is C16H26N3O3S+. The number of piperidine rings is 1. The summed E-state index contributed by atoms with van der Waals surface area (Å²) in [6.45, 7) is 5.34. The number of benzene rings is 1. The lowest BCUT2D eigenvalue weighted by Crippen LogP contribution is -3.17. The monoisotopic (exact) mass is 340 g/mol. The molecule has 1 unspecified atom stereocenters. The van der Waals surface area contributed by atoms with Gasteiger partial charge in [-0.1, -0.05) is 6.07 Å². The smallest absolute Gasteiger partial charge is 0.279 e. The van der Waals surface area contributed by atoms with Crippen molar-refractivity contribution < 1.29 is 18.1 Å². The fourth-order valence-electron chi connectivity index (χ4n) is 3.00. The highest BCUT2D eigenvalue weighted by molar-refractivity contribution is 7.89. The van der Waals surface area contributed by atoms with Crippen LogP contribution in [-0.2, 0) is 14.8 Å². The minimum atomic E-state index is -3.53. The van der Waals surface area contributed by atoms with E-state index < -0.39 is 10.0 Å². The van der Waals surface area contributed by atoms with E-state index in [1.807, 2.05) is 0 Å². The summed E-state index contributed by atoms with van der Waals surface area (Å²) in [5.41, 5.74) is 1.16. The Labute approximate surface area is 138 Å². The summed E-state index contributed by atoms with van der Waals surface area (Å²) in [5, 5.41) is 2.82. The molecule has 0 spiro atoms. The summed E-state index contributed by atoms with van der Waals surface area (Å²) >= 11 is 0. The van der Waals surface area contributed by atoms with Crippen LogP contribution < -0.4 is 14.9 Å². The van der Waals surface area contributed by atoms with Crippen molar-refractivity contribution in [3.05, 3.63) is 23.8 Å². The standard InChI is InChI=1S/C16H25N3O3S/c1-12-7-8-14(10-15(12)23(21,22)17-3)18-16(20)11-19-9-5-4-6-13(19)2/h7-8,10,13,17H,4-6,9,11H2,1-3H3,(H,18,20)/p+1/t13-/m1/s1. The average molecular weight is 340 g/mol. The van der Waals surface area contributed by atoms with Gasteiger partial charge >= 0.3 is 0 Å². The molecule has 7 heteroatoms. The zero-order valence-corrected chi connectivity index (χ0v) is 14.8. The van der Waals surface area contributed by atoms with Crippen LogP contribution in [0.15, 0.2) is 23.1 Å². The first-order valence-corrected chi connectivity index (χ1v) is 9.50. The second-order valence-corrected chi connectivity index (χ2v) is 8.07. The Hall–Kier alpha value is -1.44. The number of aryl methyl sites for hydroxylation is 1. The van der Waals surface area contributed by atoms with E-state index in [-0.39, 0.29) is 10.8 Å². The molecule has 1 saturated heterocycles. The van der Waals surface area contributed by atoms with E-state index in [4.69, 9.17) is 0 Å². The first-order valence-electron chi connectivity index (χ1n) is 8.02. The number of rotatable bonds is 5. The molecule has 1 aliphatic heterocycles. The highest BCUT2D eigenvalue weighted by Crippen LogP contribution is 2.19. The average Bonchev–Trinajstić information content (AvgIpc) is 2.51. The van der Waals surface area contributed by atoms with Crippen LogP contribution in [0.3, 0.4) is 0 Å². The molecule has 0 bridgehead atoms. The maximum absolute atomic E-state index is 12.2. The van der Waals surface area contributed by atoms with Crippen molar-refractivity contribution in [1.82, 2.24) is 4.72 Å². The van der Waals surface area contributed by atoms with Crippen molar-refractivity contribution in [3.8, 4) is 0 Å². The Morgan fingerprint density at radius 1 is 1.35 bits per heavy atom. The molecule has 128 valence electrons. The SMILES string of the molecule is CNS(=O)(=O)c1cc(NC(=O)C[NH+]2CCCC[C@H]2C)ccc1C. The molecule has 2 rings (SSSR count). The Morgan fingerprint density at radius 3 is 2.74 bits per heavy atom. The van der Waals surface area contributed by atoms with Gasteiger partial charge < -0.3 is 10.2 Å². The lowest BCUT2D eigenvalue weighted by atomic mass is 10.0. The van der Waals surface area contributed by atoms with Gasteiger partial charge in [0.15, 0.2) is 6.54 Å². The zero-order chi connectivity index (χ0) is 17.0. The third-order valence-electron chi connectivity index (χ3n) is 4.50. The highest BCUT2D eigenvalue weighted by atomic mass is 32.2. The van der Waals surface area contributed by atoms with Crippen LogP contribution in [0.1, 0.15) is 31.7 Å². The van der Waals surface area contributed by atoms with Gasteiger partial charge in [0.2, 0.25) is 10.0 Å². The number of anilines is 1. The van der Waals surface area contributed by atoms with Crippen LogP contribution in [-0.4, -0.2) is 40.5 Å². The molecule has 2 atom stereocenters. The van der Waals surface area contributed by atoms with Gasteiger partial charge in [0.05, 0.1) is 17.5 Å². The van der Waals surface area contributed by atoms with Gasteiger partial charge in [0.25, 0.3) is 5.91 Å². The van der Waals surface area contributed by atoms with E-state index in [0.29, 0.717) is 23.8 Å². The summed E-state index contributed by atoms with van der Waals surface area (Å²) in [4.78, 5) is 13.7. The van der Waals surface area contributed by atoms with Gasteiger partial charge in [-0.05, 0) is 57.9 Å². The largest absolute Gasteiger partial charge is 0.325 e. The summed E-state index contributed by atoms with van der Waals surface area (Å²) in [6.07, 6.45) is 3.54. The Kier molecular flexibility index (Phi) is 5.78. The lowest BCUT2D eigenvalue weighted by Gasteiger charge is -2.29. The quantitative estimate of drug-likeness (QED) is 0.721. The van der Waals surface area contributed by atoms with E-state index in [0.717, 1.165) is 19.4 Å². The van der Waals surface area contributed by atoms with Gasteiger partial charge in [-0.3, -0.25) is 4.79 Å². The molecule has 1 aromatic carbocycles. The molecule has 0 radical (unpaired) electrons. The van der Waals surface area contributed by atoms with Crippen molar-refractivity contribution in [1.29, 1.82) is 0 Å². The molecule has 0 saturated carbocycles. The number of hydrogen-bond acceptors (Lipinski definition) is 3. The van der Waals surface area contributed by atoms with Crippen molar-refractivity contribution in [3.63, 3.8) is 0 Å². The summed E-state index contributed by atoms with van der Waals surface area (Å²) in [5.74, 6) is -0.0783. The van der Waals surface area contributed by atoms with Gasteiger partial charge in [0, 0.05) is 5.69 Å². The number of sulfonamides is 1. The first-order chi connectivity index (χ1) is 10.8. The molecule has 1 aliphatic rings. The van der Waals surface area contributed by atoms with E-state index in [1.54, 1.807) is 19.1 Å². The second-order valence-electron chi connectivity index (χ2n) is 6.22. The number of nitrogens with one attached hydrogen (secondary N) is 3. The lowest BCUT2D eigenvalue weighted by molar-refractivity contribution is -0.920. The predicted molar refractivity (Wildman–Crippen MR) is 90.1 cm³/mol. The maximum atomic E-state index is 12.2. The maximum Gasteiger partial charge on any atom is 0.279 e. The van der Waals surface area contributed by atoms with E-state index in [9.17, 15) is 13.2 Å². The number of likely N-dealkylation sites (tertiary alicyclic amines) is 1. The van der Waals surface area contributed by atoms with Gasteiger partial charge in [0.1, 0.15) is 0 Å². The molecule has 1 fully saturated rings. The first kappa shape index (κ1) is 17.9. The molecule has 0 aliphatic carbocycles. The molecule has 1 amide bonds. The third-order valence-corrected chi connectivity index (χ3v) is 6.06. The minimum Gasteiger partial charge on any atom is -0.325 e. The molecule has 1 aromatic rings. The molecule has 3 N–H and O–H groups in total. The van der Waals surface area contributed by atoms with Crippen LogP contribution in [0.2, 0.25) is 0 Å². The predicted octanol–water partition coefficient (Wildman–Crippen LogP) is 0.299. The van der Waals surface area contributed by atoms with Crippen LogP contribution in [0, 0.1) is 6.92 Å². The summed E-state index contributed by atoms with van der Waals surface area (Å²) in [6, 6.07) is 5.44. The zero-order valence-electron chi connectivity index (χ0n) is 14.0. The van der Waals surface area contributed by atoms with Crippen LogP contribution in [0.4, 0.5) is 5.69 Å². The van der Waals surface area contributed by atoms with Crippen LogP contribution in [0.5, 0.6) is 0 Å². The highest BCUT2D eigenvalue weighted by Gasteiger charge is 2.24. The van der Waals surface area contributed by atoms with Crippen molar-refractivity contribution in [2.45, 2.75) is 44.0 Å². The topological polar surface area (TPSA) is 79.7 Å². The van der Waals surface area contributed by atoms with E-state index in [2.05, 4.69) is 17.0 Å². The molecule has 1 heterocycles. The fraction of sp³-hybridized carbons (Fsp3) is 0.562. The Morgan fingerprint density at radius 2 is 2.09 bits per heavy atom. The van der Waals surface area contributed by atoms with Crippen molar-refractivity contribution >= 4 is 21.6 Å². The van der Waals surface area contributed by atoms with Gasteiger partial charge in [-0.25, -0.2) is 13.1 Å². The molecule has 0 aromatic heterocycles. The second kappa shape index (κ2) is 7.42. The molecular weight excluding hydrogens is 314 g/mol. The fourth-order valence-corrected chi connectivity index (χ4v) is 4.00. The molecule has 6 nitrogen and oxygen atoms in total. The normalized spacial score (nSPS) is 21.9. The Bertz CT molecular complexity index is 673. The van der Waals surface area contributed by atoms with Crippen LogP contribution >= 0.6 is 0 Å². The molecule has 23 heavy (non-hydrogen) atoms. The third kappa shape index (κ3) is 4.53. The number of hydrogen-bond donors (Lipinski definition) is 3. The number of amides is 1. The number of carbonyl (C=O) groups is 1. The van der Waals surface area contributed by atoms with Crippen molar-refractivity contribution in [2.75, 3.05) is 25.5 Å². The van der Waals surface area contributed by atoms with Crippen molar-refractivity contribution in [2.24, 2.45) is 0 Å². The van der Waals surface area contributed by atoms with Crippen LogP contribution in [0.25, 0.3) is 0 Å².